The minimum absolute atomic E-state index is 0.313. The molecule has 0 rings (SSSR count). The lowest BCUT2D eigenvalue weighted by molar-refractivity contribution is -0.136. The van der Waals surface area contributed by atoms with Crippen molar-refractivity contribution in [3.63, 3.8) is 0 Å². The molecular formula is C7H10BNO2. The Bertz CT molecular complexity index is 208. The molecule has 0 aromatic heterocycles. The predicted molar refractivity (Wildman–Crippen MR) is 44.9 cm³/mol. The number of aliphatic imine (C=N–C) groups is 1. The Morgan fingerprint density at radius 1 is 1.64 bits per heavy atom. The first-order valence-electron chi connectivity index (χ1n) is 3.10. The van der Waals surface area contributed by atoms with Gasteiger partial charge < -0.3 is 9.73 Å². The maximum atomic E-state index is 10.8. The highest BCUT2D eigenvalue weighted by Crippen LogP contribution is 1.94. The molecule has 0 aromatic carbocycles. The molecule has 0 saturated carbocycles. The monoisotopic (exact) mass is 151 g/mol. The molecule has 0 aliphatic carbocycles. The van der Waals surface area contributed by atoms with Gasteiger partial charge in [0, 0.05) is 12.6 Å². The summed E-state index contributed by atoms with van der Waals surface area (Å²) in [5.41, 5.74) is 0.753. The van der Waals surface area contributed by atoms with Crippen LogP contribution in [0, 0.1) is 0 Å². The molecule has 0 amide bonds. The topological polar surface area (TPSA) is 38.7 Å². The van der Waals surface area contributed by atoms with Crippen LogP contribution in [0.2, 0.25) is 0 Å². The van der Waals surface area contributed by atoms with Crippen LogP contribution in [-0.2, 0) is 9.53 Å². The summed E-state index contributed by atoms with van der Waals surface area (Å²) in [7, 11) is 8.20. The van der Waals surface area contributed by atoms with Crippen molar-refractivity contribution in [3.8, 4) is 0 Å². The summed E-state index contributed by atoms with van der Waals surface area (Å²) in [6.45, 7) is 1.61. The van der Waals surface area contributed by atoms with E-state index in [1.54, 1.807) is 14.0 Å². The van der Waals surface area contributed by atoms with Gasteiger partial charge in [0.15, 0.2) is 0 Å². The third-order valence-corrected chi connectivity index (χ3v) is 1.13. The van der Waals surface area contributed by atoms with Crippen molar-refractivity contribution in [2.45, 2.75) is 6.92 Å². The van der Waals surface area contributed by atoms with E-state index in [0.29, 0.717) is 11.2 Å². The van der Waals surface area contributed by atoms with Gasteiger partial charge in [0.1, 0.15) is 7.85 Å². The van der Waals surface area contributed by atoms with Crippen molar-refractivity contribution in [3.05, 3.63) is 11.6 Å². The van der Waals surface area contributed by atoms with Crippen molar-refractivity contribution in [2.75, 3.05) is 14.2 Å². The Morgan fingerprint density at radius 2 is 2.18 bits per heavy atom. The largest absolute Gasteiger partial charge is 0.466 e. The summed E-state index contributed by atoms with van der Waals surface area (Å²) < 4.78 is 4.44. The Balaban J connectivity index is 4.34. The molecule has 4 heteroatoms. The zero-order valence-corrected chi connectivity index (χ0v) is 6.92. The Hall–Kier alpha value is -1.06. The van der Waals surface area contributed by atoms with Crippen LogP contribution in [-0.4, -0.2) is 33.6 Å². The molecule has 0 spiro atoms. The number of ether oxygens (including phenoxy) is 1. The normalized spacial score (nSPS) is 13.0. The summed E-state index contributed by atoms with van der Waals surface area (Å²) in [6.07, 6.45) is 1.46. The average Bonchev–Trinajstić information content (AvgIpc) is 2.02. The lowest BCUT2D eigenvalue weighted by Crippen LogP contribution is -2.04. The van der Waals surface area contributed by atoms with Gasteiger partial charge in [-0.25, -0.2) is 4.79 Å². The third kappa shape index (κ3) is 3.60. The molecular weight excluding hydrogens is 141 g/mol. The predicted octanol–water partition coefficient (Wildman–Crippen LogP) is 0.302. The lowest BCUT2D eigenvalue weighted by Gasteiger charge is -1.97. The van der Waals surface area contributed by atoms with E-state index < -0.39 is 5.97 Å². The maximum absolute atomic E-state index is 10.8. The summed E-state index contributed by atoms with van der Waals surface area (Å²) in [5.74, 6) is -0.392. The molecule has 0 aliphatic rings. The zero-order chi connectivity index (χ0) is 8.85. The minimum Gasteiger partial charge on any atom is -0.466 e. The first-order valence-corrected chi connectivity index (χ1v) is 3.10. The second-order valence-corrected chi connectivity index (χ2v) is 1.97. The van der Waals surface area contributed by atoms with Crippen LogP contribution in [0.25, 0.3) is 0 Å². The van der Waals surface area contributed by atoms with Crippen LogP contribution >= 0.6 is 0 Å². The molecule has 0 heterocycles. The van der Waals surface area contributed by atoms with Crippen LogP contribution in [0.5, 0.6) is 0 Å². The summed E-state index contributed by atoms with van der Waals surface area (Å²) in [5, 5.41) is 0. The van der Waals surface area contributed by atoms with Crippen LogP contribution in [0.3, 0.4) is 0 Å². The number of nitrogens with zero attached hydrogens (tertiary/aromatic N) is 1. The standard InChI is InChI=1S/C7H10BNO2/c1-5(7(10)11-3)4-6(8)9-2/h4H,1-3H3/b5-4+,9-6?. The zero-order valence-electron chi connectivity index (χ0n) is 6.92. The number of hydrogen-bond acceptors (Lipinski definition) is 3. The van der Waals surface area contributed by atoms with E-state index in [0.717, 1.165) is 0 Å². The van der Waals surface area contributed by atoms with E-state index in [-0.39, 0.29) is 0 Å². The lowest BCUT2D eigenvalue weighted by atomic mass is 9.99. The SMILES string of the molecule is [B]C(/C=C(\C)C(=O)OC)=NC. The van der Waals surface area contributed by atoms with Crippen LogP contribution in [0.15, 0.2) is 16.6 Å². The molecule has 58 valence electrons. The van der Waals surface area contributed by atoms with Crippen molar-refractivity contribution in [1.29, 1.82) is 0 Å². The van der Waals surface area contributed by atoms with Gasteiger partial charge in [-0.05, 0) is 18.6 Å². The van der Waals surface area contributed by atoms with Crippen molar-refractivity contribution in [1.82, 2.24) is 0 Å². The third-order valence-electron chi connectivity index (χ3n) is 1.13. The van der Waals surface area contributed by atoms with E-state index >= 15 is 0 Å². The summed E-state index contributed by atoms with van der Waals surface area (Å²) in [4.78, 5) is 14.4. The summed E-state index contributed by atoms with van der Waals surface area (Å²) >= 11 is 0. The highest BCUT2D eigenvalue weighted by Gasteiger charge is 2.01. The van der Waals surface area contributed by atoms with Crippen molar-refractivity contribution in [2.24, 2.45) is 4.99 Å². The summed E-state index contributed by atoms with van der Waals surface area (Å²) in [6, 6.07) is 0. The highest BCUT2D eigenvalue weighted by molar-refractivity contribution is 6.63. The minimum atomic E-state index is -0.392. The average molecular weight is 151 g/mol. The fourth-order valence-electron chi connectivity index (χ4n) is 0.506. The molecule has 3 nitrogen and oxygen atoms in total. The van der Waals surface area contributed by atoms with Gasteiger partial charge in [0.2, 0.25) is 0 Å². The molecule has 0 atom stereocenters. The Kier molecular flexibility index (Phi) is 4.26. The number of esters is 1. The van der Waals surface area contributed by atoms with Crippen LogP contribution < -0.4 is 0 Å². The fourth-order valence-corrected chi connectivity index (χ4v) is 0.506. The van der Waals surface area contributed by atoms with Gasteiger partial charge in [-0.3, -0.25) is 0 Å². The maximum Gasteiger partial charge on any atom is 0.333 e. The van der Waals surface area contributed by atoms with E-state index in [1.807, 2.05) is 0 Å². The number of carbonyl (C=O) groups is 1. The molecule has 0 bridgehead atoms. The first kappa shape index (κ1) is 9.94. The molecule has 0 fully saturated rings. The van der Waals surface area contributed by atoms with Crippen molar-refractivity contribution >= 4 is 19.4 Å². The number of allylic oxidation sites excluding steroid dienone is 1. The van der Waals surface area contributed by atoms with Gasteiger partial charge in [-0.1, -0.05) is 0 Å². The van der Waals surface area contributed by atoms with Crippen LogP contribution in [0.1, 0.15) is 6.92 Å². The Labute approximate surface area is 67.6 Å². The molecule has 11 heavy (non-hydrogen) atoms. The van der Waals surface area contributed by atoms with Crippen molar-refractivity contribution < 1.29 is 9.53 Å². The van der Waals surface area contributed by atoms with Crippen LogP contribution in [0.4, 0.5) is 0 Å². The van der Waals surface area contributed by atoms with E-state index in [4.69, 9.17) is 7.85 Å². The second kappa shape index (κ2) is 4.71. The number of carbonyl (C=O) groups excluding carboxylic acids is 1. The first-order chi connectivity index (χ1) is 5.11. The number of hydrogen-bond donors (Lipinski definition) is 0. The second-order valence-electron chi connectivity index (χ2n) is 1.97. The highest BCUT2D eigenvalue weighted by atomic mass is 16.5. The van der Waals surface area contributed by atoms with Gasteiger partial charge in [0.25, 0.3) is 0 Å². The fraction of sp³-hybridized carbons (Fsp3) is 0.429. The number of methoxy groups -OCH3 is 1. The van der Waals surface area contributed by atoms with Gasteiger partial charge in [-0.2, -0.15) is 0 Å². The van der Waals surface area contributed by atoms with Gasteiger partial charge in [-0.15, -0.1) is 0 Å². The molecule has 0 saturated heterocycles. The van der Waals surface area contributed by atoms with Gasteiger partial charge >= 0.3 is 5.97 Å². The van der Waals surface area contributed by atoms with E-state index in [9.17, 15) is 4.79 Å². The number of rotatable bonds is 2. The molecule has 2 radical (unpaired) electrons. The molecule has 0 unspecified atom stereocenters. The Morgan fingerprint density at radius 3 is 2.55 bits per heavy atom. The quantitative estimate of drug-likeness (QED) is 0.246. The smallest absolute Gasteiger partial charge is 0.333 e. The van der Waals surface area contributed by atoms with E-state index in [2.05, 4.69) is 9.73 Å². The molecule has 0 aromatic rings. The molecule has 0 aliphatic heterocycles. The van der Waals surface area contributed by atoms with E-state index in [1.165, 1.54) is 13.2 Å². The molecule has 0 N–H and O–H groups in total. The van der Waals surface area contributed by atoms with Gasteiger partial charge in [0.05, 0.1) is 7.11 Å².